The smallest absolute Gasteiger partial charge is 0.322 e. The van der Waals surface area contributed by atoms with Crippen LogP contribution in [0, 0.1) is 6.92 Å². The summed E-state index contributed by atoms with van der Waals surface area (Å²) >= 11 is 0. The molecule has 7 heteroatoms. The molecule has 2 aromatic rings. The van der Waals surface area contributed by atoms with Gasteiger partial charge in [-0.2, -0.15) is 8.42 Å². The minimum atomic E-state index is -3.55. The molecule has 2 aromatic carbocycles. The molecule has 0 aliphatic heterocycles. The van der Waals surface area contributed by atoms with Gasteiger partial charge in [0, 0.05) is 18.3 Å². The Morgan fingerprint density at radius 3 is 2.39 bits per heavy atom. The number of carbonyl (C=O) groups is 1. The first-order chi connectivity index (χ1) is 13.2. The third-order valence-electron chi connectivity index (χ3n) is 4.51. The van der Waals surface area contributed by atoms with Crippen LogP contribution in [-0.2, 0) is 16.7 Å². The molecule has 0 aliphatic rings. The van der Waals surface area contributed by atoms with Gasteiger partial charge in [-0.3, -0.25) is 0 Å². The van der Waals surface area contributed by atoms with Gasteiger partial charge in [-0.1, -0.05) is 31.2 Å². The van der Waals surface area contributed by atoms with Crippen LogP contribution in [0.4, 0.5) is 10.5 Å². The zero-order valence-electron chi connectivity index (χ0n) is 16.8. The fourth-order valence-electron chi connectivity index (χ4n) is 2.62. The van der Waals surface area contributed by atoms with Crippen molar-refractivity contribution in [2.24, 2.45) is 0 Å². The summed E-state index contributed by atoms with van der Waals surface area (Å²) < 4.78 is 28.1. The number of amides is 2. The number of nitrogens with one attached hydrogen (secondary N) is 1. The zero-order chi connectivity index (χ0) is 20.7. The molecule has 28 heavy (non-hydrogen) atoms. The van der Waals surface area contributed by atoms with Gasteiger partial charge in [-0.15, -0.1) is 0 Å². The van der Waals surface area contributed by atoms with Crippen LogP contribution in [0.1, 0.15) is 38.3 Å². The minimum Gasteiger partial charge on any atom is -0.382 e. The first-order valence-electron chi connectivity index (χ1n) is 9.39. The molecule has 6 nitrogen and oxygen atoms in total. The van der Waals surface area contributed by atoms with E-state index in [0.717, 1.165) is 23.2 Å². The van der Waals surface area contributed by atoms with Gasteiger partial charge in [-0.25, -0.2) is 4.79 Å². The van der Waals surface area contributed by atoms with Crippen LogP contribution in [0.2, 0.25) is 0 Å². The number of rotatable bonds is 8. The monoisotopic (exact) mass is 404 g/mol. The average Bonchev–Trinajstić information content (AvgIpc) is 2.66. The maximum atomic E-state index is 12.8. The fourth-order valence-corrected chi connectivity index (χ4v) is 3.14. The van der Waals surface area contributed by atoms with Crippen LogP contribution in [0.15, 0.2) is 48.5 Å². The van der Waals surface area contributed by atoms with Gasteiger partial charge in [0.2, 0.25) is 0 Å². The fraction of sp³-hybridized carbons (Fsp3) is 0.381. The summed E-state index contributed by atoms with van der Waals surface area (Å²) in [6.07, 6.45) is 0.817. The van der Waals surface area contributed by atoms with Crippen molar-refractivity contribution in [3.05, 3.63) is 59.7 Å². The largest absolute Gasteiger partial charge is 0.382 e. The molecule has 2 rings (SSSR count). The highest BCUT2D eigenvalue weighted by atomic mass is 32.2. The molecule has 152 valence electrons. The van der Waals surface area contributed by atoms with Crippen LogP contribution in [-0.4, -0.2) is 31.1 Å². The van der Waals surface area contributed by atoms with Gasteiger partial charge < -0.3 is 14.4 Å². The molecule has 0 fully saturated rings. The van der Waals surface area contributed by atoms with Crippen molar-refractivity contribution in [1.29, 1.82) is 0 Å². The second-order valence-corrected chi connectivity index (χ2v) is 8.62. The van der Waals surface area contributed by atoms with E-state index in [9.17, 15) is 13.2 Å². The van der Waals surface area contributed by atoms with Gasteiger partial charge in [0.15, 0.2) is 0 Å². The second kappa shape index (κ2) is 9.59. The summed E-state index contributed by atoms with van der Waals surface area (Å²) in [5, 5.41) is 2.95. The summed E-state index contributed by atoms with van der Waals surface area (Å²) in [6.45, 7) is 7.95. The number of nitrogens with zero attached hydrogens (tertiary/aromatic N) is 1. The van der Waals surface area contributed by atoms with Crippen molar-refractivity contribution in [3.8, 4) is 5.75 Å². The maximum Gasteiger partial charge on any atom is 0.322 e. The first kappa shape index (κ1) is 21.8. The molecular formula is C21H28N2O4S. The first-order valence-corrected chi connectivity index (χ1v) is 11.0. The normalized spacial score (nSPS) is 12.3. The van der Waals surface area contributed by atoms with Crippen molar-refractivity contribution in [2.45, 2.75) is 46.7 Å². The van der Waals surface area contributed by atoms with Gasteiger partial charge in [-0.05, 0) is 62.6 Å². The van der Waals surface area contributed by atoms with E-state index in [0.29, 0.717) is 6.54 Å². The molecule has 1 N–H and O–H groups in total. The number of carbonyl (C=O) groups excluding carboxylic acids is 1. The Morgan fingerprint density at radius 2 is 1.82 bits per heavy atom. The molecule has 0 saturated heterocycles. The van der Waals surface area contributed by atoms with E-state index in [2.05, 4.69) is 5.32 Å². The summed E-state index contributed by atoms with van der Waals surface area (Å²) in [4.78, 5) is 14.6. The molecule has 0 spiro atoms. The standard InChI is InChI=1S/C21H28N2O4S/c1-5-17(4)23(21(24)22-19-9-7-8-16(3)14-19)15-18-10-12-20(13-11-18)27-28(25,26)6-2/h7-14,17H,5-6,15H2,1-4H3,(H,22,24). The predicted molar refractivity (Wildman–Crippen MR) is 112 cm³/mol. The summed E-state index contributed by atoms with van der Waals surface area (Å²) in [5.74, 6) is 0.181. The Morgan fingerprint density at radius 1 is 1.14 bits per heavy atom. The Balaban J connectivity index is 2.12. The zero-order valence-corrected chi connectivity index (χ0v) is 17.6. The summed E-state index contributed by atoms with van der Waals surface area (Å²) in [7, 11) is -3.55. The number of anilines is 1. The summed E-state index contributed by atoms with van der Waals surface area (Å²) in [5.41, 5.74) is 2.72. The highest BCUT2D eigenvalue weighted by Gasteiger charge is 2.20. The molecule has 1 unspecified atom stereocenters. The van der Waals surface area contributed by atoms with E-state index in [4.69, 9.17) is 4.18 Å². The van der Waals surface area contributed by atoms with E-state index in [1.807, 2.05) is 45.0 Å². The van der Waals surface area contributed by atoms with Crippen LogP contribution in [0.3, 0.4) is 0 Å². The number of hydrogen-bond donors (Lipinski definition) is 1. The van der Waals surface area contributed by atoms with E-state index in [-0.39, 0.29) is 23.6 Å². The van der Waals surface area contributed by atoms with Crippen LogP contribution >= 0.6 is 0 Å². The Kier molecular flexibility index (Phi) is 7.45. The average molecular weight is 405 g/mol. The molecule has 0 aromatic heterocycles. The van der Waals surface area contributed by atoms with E-state index < -0.39 is 10.1 Å². The Bertz CT molecular complexity index is 895. The molecule has 0 heterocycles. The Hall–Kier alpha value is -2.54. The van der Waals surface area contributed by atoms with Crippen LogP contribution < -0.4 is 9.50 Å². The van der Waals surface area contributed by atoms with Crippen molar-refractivity contribution >= 4 is 21.8 Å². The van der Waals surface area contributed by atoms with Crippen molar-refractivity contribution in [1.82, 2.24) is 4.90 Å². The van der Waals surface area contributed by atoms with Crippen molar-refractivity contribution in [2.75, 3.05) is 11.1 Å². The van der Waals surface area contributed by atoms with E-state index in [1.54, 1.807) is 29.2 Å². The van der Waals surface area contributed by atoms with Crippen molar-refractivity contribution in [3.63, 3.8) is 0 Å². The van der Waals surface area contributed by atoms with Gasteiger partial charge >= 0.3 is 16.1 Å². The van der Waals surface area contributed by atoms with E-state index in [1.165, 1.54) is 6.92 Å². The van der Waals surface area contributed by atoms with Gasteiger partial charge in [0.25, 0.3) is 0 Å². The number of urea groups is 1. The third-order valence-corrected chi connectivity index (χ3v) is 5.66. The maximum absolute atomic E-state index is 12.8. The highest BCUT2D eigenvalue weighted by Crippen LogP contribution is 2.19. The lowest BCUT2D eigenvalue weighted by atomic mass is 10.1. The molecule has 0 aliphatic carbocycles. The number of aryl methyl sites for hydroxylation is 1. The highest BCUT2D eigenvalue weighted by molar-refractivity contribution is 7.87. The molecule has 0 saturated carbocycles. The topological polar surface area (TPSA) is 75.7 Å². The molecule has 2 amide bonds. The number of hydrogen-bond acceptors (Lipinski definition) is 4. The molecule has 0 radical (unpaired) electrons. The van der Waals surface area contributed by atoms with Gasteiger partial charge in [0.1, 0.15) is 5.75 Å². The lowest BCUT2D eigenvalue weighted by Crippen LogP contribution is -2.40. The lowest BCUT2D eigenvalue weighted by Gasteiger charge is -2.29. The van der Waals surface area contributed by atoms with Crippen molar-refractivity contribution < 1.29 is 17.4 Å². The summed E-state index contributed by atoms with van der Waals surface area (Å²) in [6, 6.07) is 14.3. The molecular weight excluding hydrogens is 376 g/mol. The lowest BCUT2D eigenvalue weighted by molar-refractivity contribution is 0.187. The van der Waals surface area contributed by atoms with E-state index >= 15 is 0 Å². The van der Waals surface area contributed by atoms with Crippen LogP contribution in [0.5, 0.6) is 5.75 Å². The molecule has 0 bridgehead atoms. The number of benzene rings is 2. The quantitative estimate of drug-likeness (QED) is 0.655. The Labute approximate surface area is 167 Å². The minimum absolute atomic E-state index is 0.0428. The predicted octanol–water partition coefficient (Wildman–Crippen LogP) is 4.56. The molecule has 1 atom stereocenters. The third kappa shape index (κ3) is 6.27. The van der Waals surface area contributed by atoms with Crippen LogP contribution in [0.25, 0.3) is 0 Å². The SMILES string of the molecule is CCC(C)N(Cc1ccc(OS(=O)(=O)CC)cc1)C(=O)Nc1cccc(C)c1. The second-order valence-electron chi connectivity index (χ2n) is 6.76. The van der Waals surface area contributed by atoms with Gasteiger partial charge in [0.05, 0.1) is 5.75 Å².